The maximum atomic E-state index is 11.0. The Hall–Kier alpha value is -2.29. The Labute approximate surface area is 82.1 Å². The molecule has 0 saturated carbocycles. The zero-order valence-corrected chi connectivity index (χ0v) is 7.25. The maximum absolute atomic E-state index is 11.0. The van der Waals surface area contributed by atoms with E-state index in [1.807, 2.05) is 0 Å². The molecule has 0 aromatic carbocycles. The summed E-state index contributed by atoms with van der Waals surface area (Å²) < 4.78 is 0. The van der Waals surface area contributed by atoms with Crippen LogP contribution in [0, 0.1) is 0 Å². The Kier molecular flexibility index (Phi) is 1.94. The fourth-order valence-electron chi connectivity index (χ4n) is 1.10. The number of carbonyl (C=O) groups is 1. The summed E-state index contributed by atoms with van der Waals surface area (Å²) in [5, 5.41) is 37.2. The number of nitrogens with zero attached hydrogens (tertiary/aromatic N) is 4. The van der Waals surface area contributed by atoms with Gasteiger partial charge in [0.25, 0.3) is 5.60 Å². The minimum Gasteiger partial charge on any atom is -0.478 e. The summed E-state index contributed by atoms with van der Waals surface area (Å²) in [6.45, 7) is 0. The number of aromatic amines is 2. The zero-order chi connectivity index (χ0) is 10.9. The van der Waals surface area contributed by atoms with Crippen molar-refractivity contribution in [1.29, 1.82) is 0 Å². The predicted molar refractivity (Wildman–Crippen MR) is 43.4 cm³/mol. The van der Waals surface area contributed by atoms with Gasteiger partial charge in [-0.25, -0.2) is 4.79 Å². The van der Waals surface area contributed by atoms with Gasteiger partial charge >= 0.3 is 5.97 Å². The highest BCUT2D eigenvalue weighted by Gasteiger charge is 2.45. The van der Waals surface area contributed by atoms with E-state index in [0.717, 1.165) is 12.4 Å². The fraction of sp³-hybridized carbons (Fsp3) is 0.167. The smallest absolute Gasteiger partial charge is 0.348 e. The Morgan fingerprint density at radius 3 is 1.93 bits per heavy atom. The quantitative estimate of drug-likeness (QED) is 0.470. The third kappa shape index (κ3) is 1.25. The predicted octanol–water partition coefficient (Wildman–Crippen LogP) is -1.76. The van der Waals surface area contributed by atoms with Crippen molar-refractivity contribution >= 4 is 5.97 Å². The number of rotatable bonds is 3. The zero-order valence-electron chi connectivity index (χ0n) is 7.25. The first-order chi connectivity index (χ1) is 7.15. The van der Waals surface area contributed by atoms with Crippen LogP contribution in [0.3, 0.4) is 0 Å². The SMILES string of the molecule is O=C(O)C(O)(c1cn[nH]n1)c1cn[nH]n1. The summed E-state index contributed by atoms with van der Waals surface area (Å²) in [6.07, 6.45) is 2.20. The molecule has 0 aliphatic heterocycles. The van der Waals surface area contributed by atoms with Crippen LogP contribution in [0.2, 0.25) is 0 Å². The molecular weight excluding hydrogens is 204 g/mol. The average molecular weight is 210 g/mol. The molecule has 4 N–H and O–H groups in total. The molecule has 2 heterocycles. The summed E-state index contributed by atoms with van der Waals surface area (Å²) in [7, 11) is 0. The second-order valence-electron chi connectivity index (χ2n) is 2.73. The number of carboxylic acids is 1. The molecule has 0 saturated heterocycles. The third-order valence-corrected chi connectivity index (χ3v) is 1.88. The number of H-pyrrole nitrogens is 2. The van der Waals surface area contributed by atoms with Crippen LogP contribution in [-0.4, -0.2) is 47.0 Å². The van der Waals surface area contributed by atoms with Crippen LogP contribution in [-0.2, 0) is 10.4 Å². The van der Waals surface area contributed by atoms with Crippen molar-refractivity contribution in [3.63, 3.8) is 0 Å². The molecule has 2 rings (SSSR count). The number of hydrogen-bond donors (Lipinski definition) is 4. The van der Waals surface area contributed by atoms with Crippen LogP contribution in [0.5, 0.6) is 0 Å². The third-order valence-electron chi connectivity index (χ3n) is 1.88. The van der Waals surface area contributed by atoms with E-state index in [1.165, 1.54) is 0 Å². The molecule has 0 unspecified atom stereocenters. The van der Waals surface area contributed by atoms with E-state index in [-0.39, 0.29) is 11.4 Å². The topological polar surface area (TPSA) is 141 Å². The number of hydrogen-bond acceptors (Lipinski definition) is 6. The Morgan fingerprint density at radius 2 is 1.67 bits per heavy atom. The van der Waals surface area contributed by atoms with Gasteiger partial charge < -0.3 is 10.2 Å². The van der Waals surface area contributed by atoms with Crippen LogP contribution in [0.4, 0.5) is 0 Å². The van der Waals surface area contributed by atoms with Gasteiger partial charge in [-0.1, -0.05) is 0 Å². The van der Waals surface area contributed by atoms with Crippen molar-refractivity contribution in [3.05, 3.63) is 23.8 Å². The van der Waals surface area contributed by atoms with Crippen molar-refractivity contribution in [2.45, 2.75) is 5.60 Å². The molecule has 2 aromatic rings. The summed E-state index contributed by atoms with van der Waals surface area (Å²) in [4.78, 5) is 11.0. The standard InChI is InChI=1S/C6H6N6O3/c13-5(14)6(15,3-1-7-11-9-3)4-2-8-12-10-4/h1-2,15H,(H,13,14)(H,7,9,11)(H,8,10,12). The second kappa shape index (κ2) is 3.13. The number of aliphatic hydroxyl groups is 1. The molecule has 2 aromatic heterocycles. The van der Waals surface area contributed by atoms with Crippen LogP contribution in [0.15, 0.2) is 12.4 Å². The van der Waals surface area contributed by atoms with Gasteiger partial charge in [0.05, 0.1) is 12.4 Å². The first kappa shape index (κ1) is 9.27. The van der Waals surface area contributed by atoms with Crippen molar-refractivity contribution in [2.24, 2.45) is 0 Å². The average Bonchev–Trinajstić information content (AvgIpc) is 2.89. The molecule has 0 amide bonds. The Balaban J connectivity index is 2.56. The van der Waals surface area contributed by atoms with Crippen molar-refractivity contribution < 1.29 is 15.0 Å². The van der Waals surface area contributed by atoms with Gasteiger partial charge in [-0.15, -0.1) is 0 Å². The molecule has 78 valence electrons. The van der Waals surface area contributed by atoms with E-state index in [4.69, 9.17) is 5.11 Å². The van der Waals surface area contributed by atoms with Gasteiger partial charge in [0.1, 0.15) is 11.4 Å². The van der Waals surface area contributed by atoms with E-state index < -0.39 is 11.6 Å². The van der Waals surface area contributed by atoms with Gasteiger partial charge in [-0.05, 0) is 0 Å². The van der Waals surface area contributed by atoms with Gasteiger partial charge in [-0.3, -0.25) is 0 Å². The van der Waals surface area contributed by atoms with Gasteiger partial charge in [-0.2, -0.15) is 30.8 Å². The first-order valence-electron chi connectivity index (χ1n) is 3.84. The summed E-state index contributed by atoms with van der Waals surface area (Å²) >= 11 is 0. The van der Waals surface area contributed by atoms with Crippen LogP contribution in [0.25, 0.3) is 0 Å². The second-order valence-corrected chi connectivity index (χ2v) is 2.73. The highest BCUT2D eigenvalue weighted by Crippen LogP contribution is 2.25. The summed E-state index contributed by atoms with van der Waals surface area (Å²) in [6, 6.07) is 0. The van der Waals surface area contributed by atoms with Crippen molar-refractivity contribution in [3.8, 4) is 0 Å². The largest absolute Gasteiger partial charge is 0.478 e. The maximum Gasteiger partial charge on any atom is 0.348 e. The molecule has 9 nitrogen and oxygen atoms in total. The lowest BCUT2D eigenvalue weighted by atomic mass is 9.97. The molecule has 0 spiro atoms. The van der Waals surface area contributed by atoms with Crippen molar-refractivity contribution in [2.75, 3.05) is 0 Å². The number of nitrogens with one attached hydrogen (secondary N) is 2. The minimum absolute atomic E-state index is 0.163. The number of aromatic nitrogens is 6. The Morgan fingerprint density at radius 1 is 1.20 bits per heavy atom. The Bertz CT molecular complexity index is 415. The van der Waals surface area contributed by atoms with E-state index in [2.05, 4.69) is 30.8 Å². The molecule has 15 heavy (non-hydrogen) atoms. The lowest BCUT2D eigenvalue weighted by molar-refractivity contribution is -0.155. The highest BCUT2D eigenvalue weighted by molar-refractivity contribution is 5.82. The fourth-order valence-corrected chi connectivity index (χ4v) is 1.10. The van der Waals surface area contributed by atoms with Crippen LogP contribution < -0.4 is 0 Å². The molecule has 9 heteroatoms. The lowest BCUT2D eigenvalue weighted by Gasteiger charge is -2.16. The van der Waals surface area contributed by atoms with Crippen molar-refractivity contribution in [1.82, 2.24) is 30.8 Å². The monoisotopic (exact) mass is 210 g/mol. The molecule has 0 aliphatic rings. The molecule has 0 atom stereocenters. The van der Waals surface area contributed by atoms with E-state index in [9.17, 15) is 9.90 Å². The minimum atomic E-state index is -2.35. The summed E-state index contributed by atoms with van der Waals surface area (Å²) in [5.41, 5.74) is -2.67. The lowest BCUT2D eigenvalue weighted by Crippen LogP contribution is -2.37. The molecule has 0 bridgehead atoms. The van der Waals surface area contributed by atoms with Crippen LogP contribution in [0.1, 0.15) is 11.4 Å². The van der Waals surface area contributed by atoms with Crippen LogP contribution >= 0.6 is 0 Å². The van der Waals surface area contributed by atoms with E-state index >= 15 is 0 Å². The number of aliphatic carboxylic acids is 1. The molecule has 0 fully saturated rings. The van der Waals surface area contributed by atoms with Gasteiger partial charge in [0.15, 0.2) is 0 Å². The first-order valence-corrected chi connectivity index (χ1v) is 3.84. The highest BCUT2D eigenvalue weighted by atomic mass is 16.4. The van der Waals surface area contributed by atoms with Gasteiger partial charge in [0, 0.05) is 0 Å². The molecule has 0 aliphatic carbocycles. The van der Waals surface area contributed by atoms with Gasteiger partial charge in [0.2, 0.25) is 0 Å². The van der Waals surface area contributed by atoms with E-state index in [0.29, 0.717) is 0 Å². The molecule has 0 radical (unpaired) electrons. The summed E-state index contributed by atoms with van der Waals surface area (Å²) in [5.74, 6) is -1.51. The number of carboxylic acid groups (broad SMARTS) is 1. The molecular formula is C6H6N6O3. The van der Waals surface area contributed by atoms with E-state index in [1.54, 1.807) is 0 Å². The normalized spacial score (nSPS) is 11.5.